The van der Waals surface area contributed by atoms with Gasteiger partial charge >= 0.3 is 0 Å². The lowest BCUT2D eigenvalue weighted by Crippen LogP contribution is -2.29. The summed E-state index contributed by atoms with van der Waals surface area (Å²) in [6.45, 7) is 8.32. The molecular weight excluding hydrogens is 266 g/mol. The standard InChI is InChI=1S/C17H21NOS/c1-11(2)13-5-7-14(8-6-13)15-9-10-16(20-15)17(19)18-12(3)4/h5-12H,1-4H3,(H,18,19). The van der Waals surface area contributed by atoms with E-state index in [1.165, 1.54) is 22.5 Å². The molecule has 0 fully saturated rings. The molecule has 1 N–H and O–H groups in total. The molecule has 0 unspecified atom stereocenters. The Balaban J connectivity index is 2.18. The summed E-state index contributed by atoms with van der Waals surface area (Å²) in [5.74, 6) is 0.551. The van der Waals surface area contributed by atoms with Gasteiger partial charge in [0.05, 0.1) is 4.88 Å². The highest BCUT2D eigenvalue weighted by Gasteiger charge is 2.11. The maximum absolute atomic E-state index is 11.9. The Morgan fingerprint density at radius 2 is 1.65 bits per heavy atom. The highest BCUT2D eigenvalue weighted by molar-refractivity contribution is 7.17. The van der Waals surface area contributed by atoms with E-state index in [0.717, 1.165) is 9.75 Å². The molecule has 1 aromatic heterocycles. The van der Waals surface area contributed by atoms with Crippen molar-refractivity contribution in [3.63, 3.8) is 0 Å². The van der Waals surface area contributed by atoms with Crippen LogP contribution < -0.4 is 5.32 Å². The van der Waals surface area contributed by atoms with Gasteiger partial charge in [-0.2, -0.15) is 0 Å². The molecule has 1 amide bonds. The number of benzene rings is 1. The van der Waals surface area contributed by atoms with E-state index in [1.54, 1.807) is 0 Å². The maximum Gasteiger partial charge on any atom is 0.261 e. The summed E-state index contributed by atoms with van der Waals surface area (Å²) in [5, 5.41) is 2.92. The molecule has 2 nitrogen and oxygen atoms in total. The van der Waals surface area contributed by atoms with Crippen LogP contribution in [0.5, 0.6) is 0 Å². The largest absolute Gasteiger partial charge is 0.349 e. The smallest absolute Gasteiger partial charge is 0.261 e. The van der Waals surface area contributed by atoms with Crippen LogP contribution in [0.2, 0.25) is 0 Å². The molecule has 0 saturated carbocycles. The van der Waals surface area contributed by atoms with Crippen LogP contribution in [0.25, 0.3) is 10.4 Å². The first-order valence-electron chi connectivity index (χ1n) is 6.98. The van der Waals surface area contributed by atoms with Crippen LogP contribution in [0, 0.1) is 0 Å². The SMILES string of the molecule is CC(C)NC(=O)c1ccc(-c2ccc(C(C)C)cc2)s1. The first-order valence-corrected chi connectivity index (χ1v) is 7.80. The Morgan fingerprint density at radius 1 is 1.00 bits per heavy atom. The van der Waals surface area contributed by atoms with Crippen molar-refractivity contribution >= 4 is 17.2 Å². The Hall–Kier alpha value is -1.61. The third-order valence-electron chi connectivity index (χ3n) is 3.11. The molecule has 20 heavy (non-hydrogen) atoms. The zero-order valence-electron chi connectivity index (χ0n) is 12.4. The number of amides is 1. The number of carbonyl (C=O) groups is 1. The summed E-state index contributed by atoms with van der Waals surface area (Å²) in [5.41, 5.74) is 2.51. The van der Waals surface area contributed by atoms with E-state index in [9.17, 15) is 4.79 Å². The van der Waals surface area contributed by atoms with E-state index < -0.39 is 0 Å². The Bertz CT molecular complexity index is 581. The van der Waals surface area contributed by atoms with Crippen molar-refractivity contribution in [2.45, 2.75) is 39.7 Å². The van der Waals surface area contributed by atoms with Gasteiger partial charge in [-0.1, -0.05) is 38.1 Å². The highest BCUT2D eigenvalue weighted by Crippen LogP contribution is 2.29. The third-order valence-corrected chi connectivity index (χ3v) is 4.24. The number of thiophene rings is 1. The summed E-state index contributed by atoms with van der Waals surface area (Å²) < 4.78 is 0. The monoisotopic (exact) mass is 287 g/mol. The molecule has 0 bridgehead atoms. The molecule has 2 rings (SSSR count). The van der Waals surface area contributed by atoms with Crippen LogP contribution in [0.15, 0.2) is 36.4 Å². The van der Waals surface area contributed by atoms with Gasteiger partial charge in [-0.15, -0.1) is 11.3 Å². The second-order valence-electron chi connectivity index (χ2n) is 5.57. The molecule has 106 valence electrons. The average molecular weight is 287 g/mol. The van der Waals surface area contributed by atoms with E-state index in [1.807, 2.05) is 26.0 Å². The van der Waals surface area contributed by atoms with E-state index >= 15 is 0 Å². The van der Waals surface area contributed by atoms with Gasteiger partial charge in [0.1, 0.15) is 0 Å². The molecule has 0 spiro atoms. The molecular formula is C17H21NOS. The zero-order valence-corrected chi connectivity index (χ0v) is 13.3. The number of hydrogen-bond donors (Lipinski definition) is 1. The average Bonchev–Trinajstić information content (AvgIpc) is 2.87. The normalized spacial score (nSPS) is 11.1. The molecule has 0 aliphatic rings. The Kier molecular flexibility index (Phi) is 4.61. The summed E-state index contributed by atoms with van der Waals surface area (Å²) in [6.07, 6.45) is 0. The Labute approximate surface area is 124 Å². The van der Waals surface area contributed by atoms with Crippen molar-refractivity contribution in [2.24, 2.45) is 0 Å². The van der Waals surface area contributed by atoms with Crippen molar-refractivity contribution < 1.29 is 4.79 Å². The van der Waals surface area contributed by atoms with Gasteiger partial charge in [0.2, 0.25) is 0 Å². The zero-order chi connectivity index (χ0) is 14.7. The lowest BCUT2D eigenvalue weighted by molar-refractivity contribution is 0.0947. The van der Waals surface area contributed by atoms with Crippen molar-refractivity contribution in [3.05, 3.63) is 46.8 Å². The summed E-state index contributed by atoms with van der Waals surface area (Å²) in [6, 6.07) is 12.7. The van der Waals surface area contributed by atoms with Gasteiger partial charge < -0.3 is 5.32 Å². The molecule has 0 saturated heterocycles. The fraction of sp³-hybridized carbons (Fsp3) is 0.353. The number of rotatable bonds is 4. The Morgan fingerprint density at radius 3 is 2.20 bits per heavy atom. The van der Waals surface area contributed by atoms with Gasteiger partial charge in [0.25, 0.3) is 5.91 Å². The predicted molar refractivity (Wildman–Crippen MR) is 86.4 cm³/mol. The summed E-state index contributed by atoms with van der Waals surface area (Å²) >= 11 is 1.54. The predicted octanol–water partition coefficient (Wildman–Crippen LogP) is 4.68. The molecule has 3 heteroatoms. The molecule has 2 aromatic rings. The number of nitrogens with one attached hydrogen (secondary N) is 1. The molecule has 0 radical (unpaired) electrons. The fourth-order valence-corrected chi connectivity index (χ4v) is 2.90. The van der Waals surface area contributed by atoms with Crippen LogP contribution in [0.3, 0.4) is 0 Å². The first-order chi connectivity index (χ1) is 9.47. The number of hydrogen-bond acceptors (Lipinski definition) is 2. The lowest BCUT2D eigenvalue weighted by atomic mass is 10.0. The summed E-state index contributed by atoms with van der Waals surface area (Å²) in [4.78, 5) is 13.8. The van der Waals surface area contributed by atoms with Crippen molar-refractivity contribution in [1.29, 1.82) is 0 Å². The fourth-order valence-electron chi connectivity index (χ4n) is 1.98. The van der Waals surface area contributed by atoms with Crippen LogP contribution >= 0.6 is 11.3 Å². The molecule has 1 heterocycles. The minimum Gasteiger partial charge on any atom is -0.349 e. The minimum absolute atomic E-state index is 0.00931. The van der Waals surface area contributed by atoms with Crippen LogP contribution in [-0.2, 0) is 0 Å². The lowest BCUT2D eigenvalue weighted by Gasteiger charge is -2.06. The second-order valence-corrected chi connectivity index (χ2v) is 6.65. The van der Waals surface area contributed by atoms with Gasteiger partial charge in [0.15, 0.2) is 0 Å². The van der Waals surface area contributed by atoms with Crippen LogP contribution in [-0.4, -0.2) is 11.9 Å². The van der Waals surface area contributed by atoms with Crippen molar-refractivity contribution in [3.8, 4) is 10.4 Å². The van der Waals surface area contributed by atoms with E-state index in [0.29, 0.717) is 5.92 Å². The summed E-state index contributed by atoms with van der Waals surface area (Å²) in [7, 11) is 0. The van der Waals surface area contributed by atoms with Crippen LogP contribution in [0.4, 0.5) is 0 Å². The second kappa shape index (κ2) is 6.23. The quantitative estimate of drug-likeness (QED) is 0.869. The van der Waals surface area contributed by atoms with Gasteiger partial charge in [-0.25, -0.2) is 0 Å². The van der Waals surface area contributed by atoms with E-state index in [4.69, 9.17) is 0 Å². The highest BCUT2D eigenvalue weighted by atomic mass is 32.1. The molecule has 0 atom stereocenters. The van der Waals surface area contributed by atoms with E-state index in [2.05, 4.69) is 43.4 Å². The number of carbonyl (C=O) groups excluding carboxylic acids is 1. The molecule has 0 aliphatic heterocycles. The van der Waals surface area contributed by atoms with Crippen LogP contribution in [0.1, 0.15) is 48.8 Å². The van der Waals surface area contributed by atoms with Gasteiger partial charge in [0, 0.05) is 10.9 Å². The van der Waals surface area contributed by atoms with Crippen molar-refractivity contribution in [2.75, 3.05) is 0 Å². The molecule has 0 aliphatic carbocycles. The topological polar surface area (TPSA) is 29.1 Å². The van der Waals surface area contributed by atoms with Gasteiger partial charge in [-0.3, -0.25) is 4.79 Å². The van der Waals surface area contributed by atoms with Crippen molar-refractivity contribution in [1.82, 2.24) is 5.32 Å². The third kappa shape index (κ3) is 3.48. The maximum atomic E-state index is 11.9. The minimum atomic E-state index is 0.00931. The van der Waals surface area contributed by atoms with E-state index in [-0.39, 0.29) is 11.9 Å². The first kappa shape index (κ1) is 14.8. The molecule has 1 aromatic carbocycles. The van der Waals surface area contributed by atoms with Gasteiger partial charge in [-0.05, 0) is 43.0 Å².